The van der Waals surface area contributed by atoms with E-state index in [-0.39, 0.29) is 5.82 Å². The van der Waals surface area contributed by atoms with E-state index >= 15 is 0 Å². The molecule has 0 spiro atoms. The molecule has 0 saturated carbocycles. The van der Waals surface area contributed by atoms with E-state index in [0.717, 1.165) is 41.5 Å². The predicted molar refractivity (Wildman–Crippen MR) is 129 cm³/mol. The fourth-order valence-electron chi connectivity index (χ4n) is 4.18. The molecular formula is C25H24ClN5O. The van der Waals surface area contributed by atoms with Crippen LogP contribution in [-0.2, 0) is 0 Å². The van der Waals surface area contributed by atoms with Crippen molar-refractivity contribution in [2.45, 2.75) is 6.42 Å². The second-order valence-electron chi connectivity index (χ2n) is 8.24. The molecule has 1 fully saturated rings. The highest BCUT2D eigenvalue weighted by Gasteiger charge is 2.22. The lowest BCUT2D eigenvalue weighted by atomic mass is 10.0. The zero-order valence-corrected chi connectivity index (χ0v) is 18.6. The molecule has 1 aliphatic rings. The Kier molecular flexibility index (Phi) is 5.64. The van der Waals surface area contributed by atoms with Gasteiger partial charge in [0.1, 0.15) is 5.69 Å². The molecular weight excluding hydrogens is 422 g/mol. The average Bonchev–Trinajstić information content (AvgIpc) is 3.23. The number of rotatable bonds is 5. The molecule has 1 saturated heterocycles. The second-order valence-corrected chi connectivity index (χ2v) is 8.65. The Labute approximate surface area is 192 Å². The first-order chi connectivity index (χ1) is 15.6. The predicted octanol–water partition coefficient (Wildman–Crippen LogP) is 4.92. The van der Waals surface area contributed by atoms with Gasteiger partial charge in [0, 0.05) is 35.2 Å². The number of pyridine rings is 1. The topological polar surface area (TPSA) is 77.2 Å². The summed E-state index contributed by atoms with van der Waals surface area (Å²) in [5, 5.41) is 1.50. The molecule has 0 radical (unpaired) electrons. The number of nitrogens with zero attached hydrogens (tertiary/aromatic N) is 4. The van der Waals surface area contributed by atoms with E-state index in [1.54, 1.807) is 6.20 Å². The zero-order chi connectivity index (χ0) is 22.1. The highest BCUT2D eigenvalue weighted by Crippen LogP contribution is 2.36. The SMILES string of the molecule is CN1CCC(COc2nc(-c3cc(Cl)c4ncccc4c3)c(-c3ccccc3)nc2N)C1. The third-order valence-corrected chi connectivity index (χ3v) is 6.10. The summed E-state index contributed by atoms with van der Waals surface area (Å²) in [4.78, 5) is 16.2. The van der Waals surface area contributed by atoms with Crippen LogP contribution in [0.1, 0.15) is 6.42 Å². The van der Waals surface area contributed by atoms with Crippen molar-refractivity contribution in [3.05, 3.63) is 65.8 Å². The van der Waals surface area contributed by atoms with Crippen LogP contribution in [-0.4, -0.2) is 46.6 Å². The van der Waals surface area contributed by atoms with Gasteiger partial charge in [0.2, 0.25) is 0 Å². The third kappa shape index (κ3) is 4.11. The highest BCUT2D eigenvalue weighted by atomic mass is 35.5. The Hall–Kier alpha value is -3.22. The number of ether oxygens (including phenoxy) is 1. The first kappa shape index (κ1) is 20.7. The number of hydrogen-bond donors (Lipinski definition) is 1. The Bertz CT molecular complexity index is 1260. The largest absolute Gasteiger partial charge is 0.475 e. The van der Waals surface area contributed by atoms with Gasteiger partial charge in [-0.05, 0) is 38.2 Å². The standard InChI is InChI=1S/C25H24ClN5O/c1-31-11-9-16(14-31)15-32-25-24(27)29-22(17-6-3-2-4-7-17)23(30-25)19-12-18-8-5-10-28-21(18)20(26)13-19/h2-8,10,12-13,16H,9,11,14-15H2,1H3,(H2,27,29). The van der Waals surface area contributed by atoms with Gasteiger partial charge in [-0.1, -0.05) is 48.0 Å². The second kappa shape index (κ2) is 8.73. The van der Waals surface area contributed by atoms with Crippen molar-refractivity contribution in [3.63, 3.8) is 0 Å². The van der Waals surface area contributed by atoms with Crippen LogP contribution >= 0.6 is 11.6 Å². The van der Waals surface area contributed by atoms with Crippen molar-refractivity contribution in [2.75, 3.05) is 32.5 Å². The van der Waals surface area contributed by atoms with Crippen molar-refractivity contribution in [1.29, 1.82) is 0 Å². The van der Waals surface area contributed by atoms with Gasteiger partial charge in [0.25, 0.3) is 5.88 Å². The first-order valence-corrected chi connectivity index (χ1v) is 11.0. The van der Waals surface area contributed by atoms with E-state index in [4.69, 9.17) is 32.0 Å². The zero-order valence-electron chi connectivity index (χ0n) is 17.8. The number of fused-ring (bicyclic) bond motifs is 1. The fraction of sp³-hybridized carbons (Fsp3) is 0.240. The molecule has 2 N–H and O–H groups in total. The van der Waals surface area contributed by atoms with E-state index in [9.17, 15) is 0 Å². The van der Waals surface area contributed by atoms with E-state index in [0.29, 0.717) is 34.8 Å². The number of halogens is 1. The number of hydrogen-bond acceptors (Lipinski definition) is 6. The molecule has 1 atom stereocenters. The van der Waals surface area contributed by atoms with Gasteiger partial charge in [-0.3, -0.25) is 4.98 Å². The molecule has 4 aromatic rings. The molecule has 2 aromatic heterocycles. The number of nitrogen functional groups attached to an aromatic ring is 1. The number of likely N-dealkylation sites (tertiary alicyclic amines) is 1. The summed E-state index contributed by atoms with van der Waals surface area (Å²) in [7, 11) is 2.12. The van der Waals surface area contributed by atoms with Crippen LogP contribution < -0.4 is 10.5 Å². The minimum atomic E-state index is 0.285. The molecule has 0 amide bonds. The molecule has 162 valence electrons. The molecule has 0 aliphatic carbocycles. The number of anilines is 1. The summed E-state index contributed by atoms with van der Waals surface area (Å²) < 4.78 is 6.07. The van der Waals surface area contributed by atoms with Crippen LogP contribution in [0.4, 0.5) is 5.82 Å². The summed E-state index contributed by atoms with van der Waals surface area (Å²) in [5.74, 6) is 1.10. The molecule has 1 unspecified atom stereocenters. The lowest BCUT2D eigenvalue weighted by molar-refractivity contribution is 0.242. The van der Waals surface area contributed by atoms with Crippen LogP contribution in [0, 0.1) is 5.92 Å². The van der Waals surface area contributed by atoms with Gasteiger partial charge in [-0.25, -0.2) is 9.97 Å². The van der Waals surface area contributed by atoms with E-state index in [1.165, 1.54) is 0 Å². The molecule has 6 nitrogen and oxygen atoms in total. The Morgan fingerprint density at radius 1 is 1.06 bits per heavy atom. The summed E-state index contributed by atoms with van der Waals surface area (Å²) in [6, 6.07) is 17.7. The van der Waals surface area contributed by atoms with Gasteiger partial charge < -0.3 is 15.4 Å². The summed E-state index contributed by atoms with van der Waals surface area (Å²) in [6.07, 6.45) is 2.84. The maximum absolute atomic E-state index is 6.57. The van der Waals surface area contributed by atoms with Crippen molar-refractivity contribution in [1.82, 2.24) is 19.9 Å². The smallest absolute Gasteiger partial charge is 0.257 e. The van der Waals surface area contributed by atoms with E-state index in [1.807, 2.05) is 54.6 Å². The van der Waals surface area contributed by atoms with E-state index in [2.05, 4.69) is 16.9 Å². The quantitative estimate of drug-likeness (QED) is 0.469. The minimum absolute atomic E-state index is 0.285. The molecule has 3 heterocycles. The van der Waals surface area contributed by atoms with Gasteiger partial charge in [0.15, 0.2) is 5.82 Å². The molecule has 2 aromatic carbocycles. The van der Waals surface area contributed by atoms with Gasteiger partial charge in [0.05, 0.1) is 22.8 Å². The third-order valence-electron chi connectivity index (χ3n) is 5.81. The maximum Gasteiger partial charge on any atom is 0.257 e. The Morgan fingerprint density at radius 2 is 1.88 bits per heavy atom. The number of nitrogens with two attached hydrogens (primary N) is 1. The molecule has 5 rings (SSSR count). The van der Waals surface area contributed by atoms with Crippen molar-refractivity contribution in [3.8, 4) is 28.4 Å². The Balaban J connectivity index is 1.60. The van der Waals surface area contributed by atoms with Crippen molar-refractivity contribution < 1.29 is 4.74 Å². The highest BCUT2D eigenvalue weighted by molar-refractivity contribution is 6.35. The molecule has 1 aliphatic heterocycles. The molecule has 7 heteroatoms. The first-order valence-electron chi connectivity index (χ1n) is 10.7. The average molecular weight is 446 g/mol. The lowest BCUT2D eigenvalue weighted by Crippen LogP contribution is -2.18. The van der Waals surface area contributed by atoms with E-state index < -0.39 is 0 Å². The Morgan fingerprint density at radius 3 is 2.66 bits per heavy atom. The van der Waals surface area contributed by atoms with Gasteiger partial charge in [-0.2, -0.15) is 0 Å². The van der Waals surface area contributed by atoms with Crippen LogP contribution in [0.2, 0.25) is 5.02 Å². The maximum atomic E-state index is 6.57. The normalized spacial score (nSPS) is 16.5. The van der Waals surface area contributed by atoms with Crippen LogP contribution in [0.5, 0.6) is 5.88 Å². The summed E-state index contributed by atoms with van der Waals surface area (Å²) in [5.41, 5.74) is 10.2. The van der Waals surface area contributed by atoms with Gasteiger partial charge in [-0.15, -0.1) is 0 Å². The number of aromatic nitrogens is 3. The van der Waals surface area contributed by atoms with Crippen LogP contribution in [0.15, 0.2) is 60.8 Å². The summed E-state index contributed by atoms with van der Waals surface area (Å²) >= 11 is 6.57. The lowest BCUT2D eigenvalue weighted by Gasteiger charge is -2.16. The van der Waals surface area contributed by atoms with Crippen LogP contribution in [0.3, 0.4) is 0 Å². The van der Waals surface area contributed by atoms with Gasteiger partial charge >= 0.3 is 0 Å². The molecule has 0 bridgehead atoms. The molecule has 32 heavy (non-hydrogen) atoms. The van der Waals surface area contributed by atoms with Crippen LogP contribution in [0.25, 0.3) is 33.4 Å². The fourth-order valence-corrected chi connectivity index (χ4v) is 4.46. The summed E-state index contributed by atoms with van der Waals surface area (Å²) in [6.45, 7) is 2.66. The van der Waals surface area contributed by atoms with Crippen molar-refractivity contribution in [2.24, 2.45) is 5.92 Å². The minimum Gasteiger partial charge on any atom is -0.475 e. The van der Waals surface area contributed by atoms with Crippen molar-refractivity contribution >= 4 is 28.3 Å². The number of benzene rings is 2. The monoisotopic (exact) mass is 445 g/mol.